The van der Waals surface area contributed by atoms with Gasteiger partial charge in [-0.15, -0.1) is 0 Å². The van der Waals surface area contributed by atoms with Crippen LogP contribution in [-0.2, 0) is 11.3 Å². The van der Waals surface area contributed by atoms with Crippen LogP contribution in [-0.4, -0.2) is 25.0 Å². The third-order valence-corrected chi connectivity index (χ3v) is 2.51. The third kappa shape index (κ3) is 7.08. The lowest BCUT2D eigenvalue weighted by molar-refractivity contribution is -0.120. The van der Waals surface area contributed by atoms with Crippen molar-refractivity contribution in [2.75, 3.05) is 13.1 Å². The van der Waals surface area contributed by atoms with E-state index in [-0.39, 0.29) is 11.9 Å². The molecule has 5 nitrogen and oxygen atoms in total. The molecule has 5 heteroatoms. The van der Waals surface area contributed by atoms with Crippen molar-refractivity contribution in [3.63, 3.8) is 0 Å². The summed E-state index contributed by atoms with van der Waals surface area (Å²) >= 11 is 0. The van der Waals surface area contributed by atoms with Gasteiger partial charge >= 0.3 is 6.03 Å². The number of urea groups is 1. The minimum absolute atomic E-state index is 0.0368. The predicted molar refractivity (Wildman–Crippen MR) is 74.6 cm³/mol. The number of carbonyl (C=O) groups excluding carboxylic acids is 2. The molecular weight excluding hydrogens is 242 g/mol. The summed E-state index contributed by atoms with van der Waals surface area (Å²) in [6.07, 6.45) is 1.22. The third-order valence-electron chi connectivity index (χ3n) is 2.51. The van der Waals surface area contributed by atoms with Crippen LogP contribution in [0, 0.1) is 0 Å². The highest BCUT2D eigenvalue weighted by molar-refractivity contribution is 5.78. The van der Waals surface area contributed by atoms with Gasteiger partial charge < -0.3 is 16.0 Å². The van der Waals surface area contributed by atoms with Crippen LogP contribution in [0.15, 0.2) is 30.3 Å². The Kier molecular flexibility index (Phi) is 7.09. The van der Waals surface area contributed by atoms with Crippen LogP contribution in [0.1, 0.15) is 25.3 Å². The normalized spacial score (nSPS) is 9.74. The van der Waals surface area contributed by atoms with E-state index in [0.717, 1.165) is 12.0 Å². The van der Waals surface area contributed by atoms with Gasteiger partial charge in [0.05, 0.1) is 0 Å². The highest BCUT2D eigenvalue weighted by Crippen LogP contribution is 1.96. The van der Waals surface area contributed by atoms with E-state index >= 15 is 0 Å². The summed E-state index contributed by atoms with van der Waals surface area (Å²) < 4.78 is 0. The first kappa shape index (κ1) is 15.0. The molecule has 0 atom stereocenters. The van der Waals surface area contributed by atoms with Crippen molar-refractivity contribution in [2.24, 2.45) is 0 Å². The number of nitrogens with one attached hydrogen (secondary N) is 3. The SMILES string of the molecule is CCCNC(=O)CCNC(=O)NCc1ccccc1. The largest absolute Gasteiger partial charge is 0.356 e. The fraction of sp³-hybridized carbons (Fsp3) is 0.429. The van der Waals surface area contributed by atoms with Gasteiger partial charge in [-0.1, -0.05) is 37.3 Å². The number of carbonyl (C=O) groups is 2. The maximum absolute atomic E-state index is 11.5. The molecule has 0 aliphatic carbocycles. The van der Waals surface area contributed by atoms with Crippen LogP contribution in [0.3, 0.4) is 0 Å². The summed E-state index contributed by atoms with van der Waals surface area (Å²) in [4.78, 5) is 22.7. The van der Waals surface area contributed by atoms with E-state index < -0.39 is 0 Å². The van der Waals surface area contributed by atoms with E-state index in [1.54, 1.807) is 0 Å². The van der Waals surface area contributed by atoms with Crippen LogP contribution >= 0.6 is 0 Å². The summed E-state index contributed by atoms with van der Waals surface area (Å²) in [6.45, 7) is 3.50. The molecule has 19 heavy (non-hydrogen) atoms. The van der Waals surface area contributed by atoms with E-state index in [0.29, 0.717) is 26.1 Å². The van der Waals surface area contributed by atoms with Crippen molar-refractivity contribution < 1.29 is 9.59 Å². The van der Waals surface area contributed by atoms with Crippen LogP contribution in [0.25, 0.3) is 0 Å². The molecule has 0 saturated heterocycles. The number of hydrogen-bond donors (Lipinski definition) is 3. The molecule has 0 aliphatic heterocycles. The Bertz CT molecular complexity index is 393. The van der Waals surface area contributed by atoms with E-state index in [2.05, 4.69) is 16.0 Å². The lowest BCUT2D eigenvalue weighted by Crippen LogP contribution is -2.37. The lowest BCUT2D eigenvalue weighted by Gasteiger charge is -2.08. The van der Waals surface area contributed by atoms with Gasteiger partial charge in [0.1, 0.15) is 0 Å². The molecule has 0 aliphatic rings. The summed E-state index contributed by atoms with van der Waals surface area (Å²) in [5.74, 6) is -0.0368. The number of benzene rings is 1. The number of amides is 3. The highest BCUT2D eigenvalue weighted by atomic mass is 16.2. The predicted octanol–water partition coefficient (Wildman–Crippen LogP) is 1.40. The van der Waals surface area contributed by atoms with E-state index in [9.17, 15) is 9.59 Å². The monoisotopic (exact) mass is 263 g/mol. The Morgan fingerprint density at radius 3 is 2.42 bits per heavy atom. The molecule has 1 rings (SSSR count). The molecular formula is C14H21N3O2. The molecule has 3 N–H and O–H groups in total. The molecule has 0 bridgehead atoms. The van der Waals surface area contributed by atoms with Gasteiger partial charge in [-0.3, -0.25) is 4.79 Å². The Labute approximate surface area is 113 Å². The van der Waals surface area contributed by atoms with Crippen molar-refractivity contribution in [3.8, 4) is 0 Å². The minimum atomic E-state index is -0.257. The van der Waals surface area contributed by atoms with Crippen molar-refractivity contribution >= 4 is 11.9 Å². The van der Waals surface area contributed by atoms with Gasteiger partial charge in [0, 0.05) is 26.1 Å². The number of rotatable bonds is 7. The molecule has 0 unspecified atom stereocenters. The molecule has 0 fully saturated rings. The van der Waals surface area contributed by atoms with Crippen molar-refractivity contribution in [1.29, 1.82) is 0 Å². The van der Waals surface area contributed by atoms with Gasteiger partial charge in [0.2, 0.25) is 5.91 Å². The first-order valence-corrected chi connectivity index (χ1v) is 6.54. The van der Waals surface area contributed by atoms with Gasteiger partial charge in [-0.25, -0.2) is 4.79 Å². The Hall–Kier alpha value is -2.04. The zero-order valence-corrected chi connectivity index (χ0v) is 11.2. The van der Waals surface area contributed by atoms with Crippen LogP contribution in [0.2, 0.25) is 0 Å². The highest BCUT2D eigenvalue weighted by Gasteiger charge is 2.02. The first-order chi connectivity index (χ1) is 9.22. The molecule has 1 aromatic rings. The van der Waals surface area contributed by atoms with Crippen LogP contribution in [0.4, 0.5) is 4.79 Å². The van der Waals surface area contributed by atoms with Crippen LogP contribution < -0.4 is 16.0 Å². The summed E-state index contributed by atoms with van der Waals surface area (Å²) in [5.41, 5.74) is 1.04. The molecule has 0 heterocycles. The van der Waals surface area contributed by atoms with Crippen molar-refractivity contribution in [3.05, 3.63) is 35.9 Å². The van der Waals surface area contributed by atoms with Crippen molar-refractivity contribution in [2.45, 2.75) is 26.3 Å². The standard InChI is InChI=1S/C14H21N3O2/c1-2-9-15-13(18)8-10-16-14(19)17-11-12-6-4-3-5-7-12/h3-7H,2,8-11H2,1H3,(H,15,18)(H2,16,17,19). The Morgan fingerprint density at radius 2 is 1.74 bits per heavy atom. The van der Waals surface area contributed by atoms with Crippen LogP contribution in [0.5, 0.6) is 0 Å². The summed E-state index contributed by atoms with van der Waals surface area (Å²) in [6, 6.07) is 9.40. The second-order valence-electron chi connectivity index (χ2n) is 4.20. The molecule has 104 valence electrons. The molecule has 1 aromatic carbocycles. The van der Waals surface area contributed by atoms with Gasteiger partial charge in [0.15, 0.2) is 0 Å². The fourth-order valence-corrected chi connectivity index (χ4v) is 1.48. The van der Waals surface area contributed by atoms with E-state index in [4.69, 9.17) is 0 Å². The molecule has 0 spiro atoms. The summed E-state index contributed by atoms with van der Waals surface area (Å²) in [5, 5.41) is 8.14. The Balaban J connectivity index is 2.10. The quantitative estimate of drug-likeness (QED) is 0.696. The molecule has 0 aromatic heterocycles. The van der Waals surface area contributed by atoms with E-state index in [1.807, 2.05) is 37.3 Å². The average molecular weight is 263 g/mol. The van der Waals surface area contributed by atoms with E-state index in [1.165, 1.54) is 0 Å². The maximum Gasteiger partial charge on any atom is 0.315 e. The second-order valence-corrected chi connectivity index (χ2v) is 4.20. The maximum atomic E-state index is 11.5. The first-order valence-electron chi connectivity index (χ1n) is 6.54. The fourth-order valence-electron chi connectivity index (χ4n) is 1.48. The molecule has 0 radical (unpaired) electrons. The second kappa shape index (κ2) is 8.97. The zero-order chi connectivity index (χ0) is 13.9. The molecule has 3 amide bonds. The Morgan fingerprint density at radius 1 is 1.00 bits per heavy atom. The smallest absolute Gasteiger partial charge is 0.315 e. The topological polar surface area (TPSA) is 70.2 Å². The van der Waals surface area contributed by atoms with Gasteiger partial charge in [-0.05, 0) is 12.0 Å². The average Bonchev–Trinajstić information content (AvgIpc) is 2.44. The van der Waals surface area contributed by atoms with Gasteiger partial charge in [-0.2, -0.15) is 0 Å². The molecule has 0 saturated carbocycles. The van der Waals surface area contributed by atoms with Gasteiger partial charge in [0.25, 0.3) is 0 Å². The van der Waals surface area contributed by atoms with Crippen molar-refractivity contribution in [1.82, 2.24) is 16.0 Å². The number of hydrogen-bond acceptors (Lipinski definition) is 2. The summed E-state index contributed by atoms with van der Waals surface area (Å²) in [7, 11) is 0. The lowest BCUT2D eigenvalue weighted by atomic mass is 10.2. The minimum Gasteiger partial charge on any atom is -0.356 e. The zero-order valence-electron chi connectivity index (χ0n) is 11.2.